The number of carboxylic acid groups (broad SMARTS) is 1. The molecule has 0 saturated carbocycles. The number of nitrogens with zero attached hydrogens (tertiary/aromatic N) is 2. The number of aliphatic carboxylic acids is 1. The summed E-state index contributed by atoms with van der Waals surface area (Å²) in [6, 6.07) is 3.79. The fraction of sp³-hybridized carbons (Fsp3) is 0.267. The number of hydrogen-bond acceptors (Lipinski definition) is 5. The van der Waals surface area contributed by atoms with Gasteiger partial charge in [-0.1, -0.05) is 0 Å². The quantitative estimate of drug-likeness (QED) is 0.305. The molecule has 0 unspecified atom stereocenters. The van der Waals surface area contributed by atoms with Gasteiger partial charge in [-0.3, -0.25) is 5.10 Å². The van der Waals surface area contributed by atoms with E-state index in [1.807, 2.05) is 26.0 Å². The summed E-state index contributed by atoms with van der Waals surface area (Å²) in [4.78, 5) is 15.8. The van der Waals surface area contributed by atoms with E-state index in [1.54, 1.807) is 13.0 Å². The van der Waals surface area contributed by atoms with Crippen molar-refractivity contribution < 1.29 is 14.6 Å². The first-order valence-corrected chi connectivity index (χ1v) is 9.91. The minimum atomic E-state index is -1.02. The highest BCUT2D eigenvalue weighted by Gasteiger charge is 2.15. The Kier molecular flexibility index (Phi) is 6.92. The van der Waals surface area contributed by atoms with Crippen molar-refractivity contribution in [2.24, 2.45) is 0 Å². The first kappa shape index (κ1) is 19.5. The van der Waals surface area contributed by atoms with E-state index in [9.17, 15) is 9.90 Å². The number of aromatic nitrogens is 3. The van der Waals surface area contributed by atoms with Crippen molar-refractivity contribution in [3.8, 4) is 5.75 Å². The van der Waals surface area contributed by atoms with Crippen LogP contribution in [0.3, 0.4) is 0 Å². The van der Waals surface area contributed by atoms with Gasteiger partial charge in [0.1, 0.15) is 16.5 Å². The molecule has 0 atom stereocenters. The van der Waals surface area contributed by atoms with Crippen LogP contribution in [0, 0.1) is 14.1 Å². The van der Waals surface area contributed by atoms with Crippen LogP contribution in [0.15, 0.2) is 22.2 Å². The maximum Gasteiger partial charge on any atom is 0.342 e. The highest BCUT2D eigenvalue weighted by atomic mass is 127. The number of carbonyl (C=O) groups is 1. The Bertz CT molecular complexity index is 767. The lowest BCUT2D eigenvalue weighted by Crippen LogP contribution is -2.08. The van der Waals surface area contributed by atoms with Gasteiger partial charge >= 0.3 is 5.97 Å². The Morgan fingerprint density at radius 3 is 2.46 bits per heavy atom. The maximum atomic E-state index is 11.5. The van der Waals surface area contributed by atoms with Crippen LogP contribution in [0.25, 0.3) is 6.08 Å². The van der Waals surface area contributed by atoms with E-state index in [1.165, 1.54) is 0 Å². The van der Waals surface area contributed by atoms with Gasteiger partial charge in [-0.2, -0.15) is 0 Å². The van der Waals surface area contributed by atoms with E-state index >= 15 is 0 Å². The van der Waals surface area contributed by atoms with Gasteiger partial charge in [0.2, 0.25) is 5.16 Å². The van der Waals surface area contributed by atoms with Gasteiger partial charge in [0.05, 0.1) is 13.2 Å². The predicted octanol–water partition coefficient (Wildman–Crippen LogP) is 4.33. The zero-order valence-corrected chi connectivity index (χ0v) is 18.3. The predicted molar refractivity (Wildman–Crippen MR) is 110 cm³/mol. The van der Waals surface area contributed by atoms with E-state index in [2.05, 4.69) is 60.4 Å². The number of hydrogen-bond donors (Lipinski definition) is 2. The number of rotatable bonds is 6. The van der Waals surface area contributed by atoms with Gasteiger partial charge in [-0.15, -0.1) is 5.10 Å². The second-order valence-electron chi connectivity index (χ2n) is 5.10. The van der Waals surface area contributed by atoms with E-state index < -0.39 is 5.97 Å². The Balaban J connectivity index is 2.33. The molecule has 0 aliphatic heterocycles. The summed E-state index contributed by atoms with van der Waals surface area (Å²) < 4.78 is 7.67. The Morgan fingerprint density at radius 1 is 1.38 bits per heavy atom. The minimum absolute atomic E-state index is 0.0764. The molecule has 1 heterocycles. The number of nitrogens with one attached hydrogen (secondary N) is 1. The van der Waals surface area contributed by atoms with Gasteiger partial charge in [0, 0.05) is 0 Å². The normalized spacial score (nSPS) is 11.8. The van der Waals surface area contributed by atoms with Crippen molar-refractivity contribution in [2.75, 3.05) is 0 Å². The molecular formula is C15H15I2N3O3S. The lowest BCUT2D eigenvalue weighted by Gasteiger charge is -2.14. The topological polar surface area (TPSA) is 88.1 Å². The summed E-state index contributed by atoms with van der Waals surface area (Å²) in [5.41, 5.74) is 0.789. The SMILES string of the molecule is Cc1nc(S/C(=C\c2cc(I)c(OC(C)C)c(I)c2)C(=O)O)n[nH]1. The molecule has 6 nitrogen and oxygen atoms in total. The van der Waals surface area contributed by atoms with Crippen LogP contribution in [-0.2, 0) is 4.79 Å². The summed E-state index contributed by atoms with van der Waals surface area (Å²) in [6.07, 6.45) is 1.69. The number of benzene rings is 1. The average Bonchev–Trinajstić information content (AvgIpc) is 2.87. The molecule has 2 aromatic rings. The van der Waals surface area contributed by atoms with Gasteiger partial charge in [-0.05, 0) is 101 Å². The van der Waals surface area contributed by atoms with Crippen LogP contribution in [0.1, 0.15) is 25.2 Å². The van der Waals surface area contributed by atoms with Crippen molar-refractivity contribution in [3.63, 3.8) is 0 Å². The molecule has 1 aromatic heterocycles. The van der Waals surface area contributed by atoms with E-state index in [0.717, 1.165) is 30.2 Å². The fourth-order valence-corrected chi connectivity index (χ4v) is 4.59. The van der Waals surface area contributed by atoms with Crippen molar-refractivity contribution in [1.29, 1.82) is 0 Å². The van der Waals surface area contributed by atoms with Gasteiger partial charge < -0.3 is 9.84 Å². The summed E-state index contributed by atoms with van der Waals surface area (Å²) in [5.74, 6) is 0.439. The van der Waals surface area contributed by atoms with Crippen molar-refractivity contribution in [1.82, 2.24) is 15.2 Å². The van der Waals surface area contributed by atoms with Crippen LogP contribution in [0.4, 0.5) is 0 Å². The molecule has 0 fully saturated rings. The first-order chi connectivity index (χ1) is 11.3. The molecule has 0 aliphatic carbocycles. The van der Waals surface area contributed by atoms with Crippen LogP contribution < -0.4 is 4.74 Å². The standard InChI is InChI=1S/C15H15I2N3O3S/c1-7(2)23-13-10(16)4-9(5-11(13)17)6-12(14(21)22)24-15-18-8(3)19-20-15/h4-7H,1-3H3,(H,21,22)(H,18,19,20)/b12-6-. The molecule has 0 bridgehead atoms. The van der Waals surface area contributed by atoms with Crippen LogP contribution in [-0.4, -0.2) is 32.4 Å². The number of H-pyrrole nitrogens is 1. The molecule has 0 saturated heterocycles. The number of aryl methyl sites for hydroxylation is 1. The summed E-state index contributed by atoms with van der Waals surface area (Å²) in [7, 11) is 0. The molecule has 0 amide bonds. The molecule has 2 rings (SSSR count). The fourth-order valence-electron chi connectivity index (χ4n) is 1.76. The molecule has 0 aliphatic rings. The molecule has 24 heavy (non-hydrogen) atoms. The maximum absolute atomic E-state index is 11.5. The Morgan fingerprint density at radius 2 is 2.00 bits per heavy atom. The van der Waals surface area contributed by atoms with E-state index in [0.29, 0.717) is 11.0 Å². The Labute approximate surface area is 171 Å². The third kappa shape index (κ3) is 5.34. The summed E-state index contributed by atoms with van der Waals surface area (Å²) >= 11 is 5.40. The first-order valence-electron chi connectivity index (χ1n) is 6.93. The number of ether oxygens (including phenoxy) is 1. The monoisotopic (exact) mass is 571 g/mol. The lowest BCUT2D eigenvalue weighted by atomic mass is 10.2. The number of halogens is 2. The summed E-state index contributed by atoms with van der Waals surface area (Å²) in [5, 5.41) is 16.5. The Hall–Kier alpha value is -0.820. The molecular weight excluding hydrogens is 556 g/mol. The van der Waals surface area contributed by atoms with E-state index in [4.69, 9.17) is 4.74 Å². The van der Waals surface area contributed by atoms with Crippen LogP contribution >= 0.6 is 56.9 Å². The molecule has 1 aromatic carbocycles. The van der Waals surface area contributed by atoms with Crippen LogP contribution in [0.2, 0.25) is 0 Å². The average molecular weight is 571 g/mol. The molecule has 0 radical (unpaired) electrons. The molecule has 0 spiro atoms. The second kappa shape index (κ2) is 8.52. The van der Waals surface area contributed by atoms with Crippen molar-refractivity contribution in [2.45, 2.75) is 32.0 Å². The number of carboxylic acids is 1. The smallest absolute Gasteiger partial charge is 0.342 e. The largest absolute Gasteiger partial charge is 0.489 e. The molecule has 128 valence electrons. The summed E-state index contributed by atoms with van der Waals surface area (Å²) in [6.45, 7) is 5.70. The van der Waals surface area contributed by atoms with Gasteiger partial charge in [0.25, 0.3) is 0 Å². The third-order valence-electron chi connectivity index (χ3n) is 2.66. The molecule has 2 N–H and O–H groups in total. The number of thioether (sulfide) groups is 1. The molecule has 9 heteroatoms. The highest BCUT2D eigenvalue weighted by Crippen LogP contribution is 2.32. The van der Waals surface area contributed by atoms with Gasteiger partial charge in [-0.25, -0.2) is 9.78 Å². The van der Waals surface area contributed by atoms with Crippen molar-refractivity contribution >= 4 is 69.0 Å². The van der Waals surface area contributed by atoms with E-state index in [-0.39, 0.29) is 11.0 Å². The zero-order valence-electron chi connectivity index (χ0n) is 13.1. The minimum Gasteiger partial charge on any atom is -0.489 e. The van der Waals surface area contributed by atoms with Gasteiger partial charge in [0.15, 0.2) is 0 Å². The number of aromatic amines is 1. The van der Waals surface area contributed by atoms with Crippen molar-refractivity contribution in [3.05, 3.63) is 35.6 Å². The zero-order chi connectivity index (χ0) is 17.9. The third-order valence-corrected chi connectivity index (χ3v) is 5.14. The van der Waals surface area contributed by atoms with Crippen LogP contribution in [0.5, 0.6) is 5.75 Å². The lowest BCUT2D eigenvalue weighted by molar-refractivity contribution is -0.131. The second-order valence-corrected chi connectivity index (χ2v) is 8.43. The highest BCUT2D eigenvalue weighted by molar-refractivity contribution is 14.1.